The van der Waals surface area contributed by atoms with Crippen LogP contribution in [0.3, 0.4) is 0 Å². The first-order valence-corrected chi connectivity index (χ1v) is 4.04. The van der Waals surface area contributed by atoms with E-state index in [-0.39, 0.29) is 0 Å². The van der Waals surface area contributed by atoms with Gasteiger partial charge in [-0.1, -0.05) is 6.07 Å². The van der Waals surface area contributed by atoms with E-state index in [0.29, 0.717) is 5.69 Å². The van der Waals surface area contributed by atoms with E-state index >= 15 is 0 Å². The fourth-order valence-corrected chi connectivity index (χ4v) is 1.34. The SMILES string of the molecule is CNc1ccc2cc(C#N)[nH]c2c1. The van der Waals surface area contributed by atoms with Crippen molar-refractivity contribution >= 4 is 16.6 Å². The Labute approximate surface area is 76.0 Å². The van der Waals surface area contributed by atoms with Crippen molar-refractivity contribution in [3.8, 4) is 6.07 Å². The number of hydrogen-bond donors (Lipinski definition) is 2. The number of H-pyrrole nitrogens is 1. The van der Waals surface area contributed by atoms with Gasteiger partial charge in [0, 0.05) is 23.6 Å². The van der Waals surface area contributed by atoms with Gasteiger partial charge in [-0.2, -0.15) is 5.26 Å². The molecule has 0 fully saturated rings. The Kier molecular flexibility index (Phi) is 1.67. The molecule has 1 aromatic heterocycles. The van der Waals surface area contributed by atoms with E-state index in [1.165, 1.54) is 0 Å². The topological polar surface area (TPSA) is 51.6 Å². The summed E-state index contributed by atoms with van der Waals surface area (Å²) >= 11 is 0. The van der Waals surface area contributed by atoms with Crippen LogP contribution in [0.25, 0.3) is 10.9 Å². The lowest BCUT2D eigenvalue weighted by Crippen LogP contribution is -1.86. The fraction of sp³-hybridized carbons (Fsp3) is 0.100. The van der Waals surface area contributed by atoms with Crippen LogP contribution in [-0.2, 0) is 0 Å². The molecule has 0 bridgehead atoms. The lowest BCUT2D eigenvalue weighted by molar-refractivity contribution is 1.37. The second kappa shape index (κ2) is 2.83. The minimum absolute atomic E-state index is 0.600. The number of nitriles is 1. The Balaban J connectivity index is 2.65. The van der Waals surface area contributed by atoms with Gasteiger partial charge in [-0.3, -0.25) is 0 Å². The summed E-state index contributed by atoms with van der Waals surface area (Å²) in [5, 5.41) is 12.8. The average molecular weight is 171 g/mol. The second-order valence-electron chi connectivity index (χ2n) is 2.85. The number of nitrogens with zero attached hydrogens (tertiary/aromatic N) is 1. The number of hydrogen-bond acceptors (Lipinski definition) is 2. The first-order chi connectivity index (χ1) is 6.33. The predicted octanol–water partition coefficient (Wildman–Crippen LogP) is 2.08. The summed E-state index contributed by atoms with van der Waals surface area (Å²) in [7, 11) is 1.87. The molecule has 0 aliphatic rings. The number of rotatable bonds is 1. The smallest absolute Gasteiger partial charge is 0.118 e. The first-order valence-electron chi connectivity index (χ1n) is 4.04. The number of fused-ring (bicyclic) bond motifs is 1. The Hall–Kier alpha value is -1.95. The summed E-state index contributed by atoms with van der Waals surface area (Å²) in [5.41, 5.74) is 2.63. The van der Waals surface area contributed by atoms with Crippen LogP contribution in [0.4, 0.5) is 5.69 Å². The number of anilines is 1. The Morgan fingerprint density at radius 3 is 2.92 bits per heavy atom. The van der Waals surface area contributed by atoms with Gasteiger partial charge in [0.25, 0.3) is 0 Å². The van der Waals surface area contributed by atoms with Crippen molar-refractivity contribution in [1.82, 2.24) is 4.98 Å². The molecule has 64 valence electrons. The molecule has 2 aromatic rings. The summed E-state index contributed by atoms with van der Waals surface area (Å²) < 4.78 is 0. The molecule has 2 rings (SSSR count). The molecule has 0 amide bonds. The highest BCUT2D eigenvalue weighted by Crippen LogP contribution is 2.18. The van der Waals surface area contributed by atoms with Crippen molar-refractivity contribution in [2.45, 2.75) is 0 Å². The molecule has 2 N–H and O–H groups in total. The average Bonchev–Trinajstić information content (AvgIpc) is 2.58. The first kappa shape index (κ1) is 7.69. The molecule has 0 spiro atoms. The Bertz CT molecular complexity index is 476. The molecule has 13 heavy (non-hydrogen) atoms. The van der Waals surface area contributed by atoms with Gasteiger partial charge in [0.1, 0.15) is 11.8 Å². The number of benzene rings is 1. The van der Waals surface area contributed by atoms with Gasteiger partial charge in [0.05, 0.1) is 0 Å². The predicted molar refractivity (Wildman–Crippen MR) is 52.6 cm³/mol. The van der Waals surface area contributed by atoms with Crippen molar-refractivity contribution < 1.29 is 0 Å². The zero-order valence-electron chi connectivity index (χ0n) is 7.26. The highest BCUT2D eigenvalue weighted by Gasteiger charge is 1.99. The molecule has 0 saturated carbocycles. The van der Waals surface area contributed by atoms with E-state index in [1.54, 1.807) is 0 Å². The maximum Gasteiger partial charge on any atom is 0.118 e. The molecule has 3 nitrogen and oxygen atoms in total. The standard InChI is InChI=1S/C10H9N3/c1-12-8-3-2-7-4-9(6-11)13-10(7)5-8/h2-5,12-13H,1H3. The summed E-state index contributed by atoms with van der Waals surface area (Å²) in [5.74, 6) is 0. The Morgan fingerprint density at radius 1 is 1.38 bits per heavy atom. The van der Waals surface area contributed by atoms with E-state index in [9.17, 15) is 0 Å². The van der Waals surface area contributed by atoms with Crippen LogP contribution in [0.1, 0.15) is 5.69 Å². The van der Waals surface area contributed by atoms with E-state index in [0.717, 1.165) is 16.6 Å². The Morgan fingerprint density at radius 2 is 2.23 bits per heavy atom. The molecule has 1 heterocycles. The van der Waals surface area contributed by atoms with Crippen molar-refractivity contribution in [3.63, 3.8) is 0 Å². The van der Waals surface area contributed by atoms with Gasteiger partial charge in [0.15, 0.2) is 0 Å². The number of nitrogens with one attached hydrogen (secondary N) is 2. The van der Waals surface area contributed by atoms with Crippen molar-refractivity contribution in [2.75, 3.05) is 12.4 Å². The largest absolute Gasteiger partial charge is 0.388 e. The summed E-state index contributed by atoms with van der Waals surface area (Å²) in [6, 6.07) is 9.87. The molecular formula is C10H9N3. The summed E-state index contributed by atoms with van der Waals surface area (Å²) in [6.45, 7) is 0. The van der Waals surface area contributed by atoms with Crippen molar-refractivity contribution in [1.29, 1.82) is 5.26 Å². The van der Waals surface area contributed by atoms with Crippen LogP contribution in [0.15, 0.2) is 24.3 Å². The van der Waals surface area contributed by atoms with Gasteiger partial charge < -0.3 is 10.3 Å². The third-order valence-electron chi connectivity index (χ3n) is 2.03. The van der Waals surface area contributed by atoms with Crippen LogP contribution in [0.5, 0.6) is 0 Å². The van der Waals surface area contributed by atoms with E-state index in [4.69, 9.17) is 5.26 Å². The number of aromatic nitrogens is 1. The highest BCUT2D eigenvalue weighted by atomic mass is 14.8. The van der Waals surface area contributed by atoms with E-state index in [1.807, 2.05) is 31.3 Å². The normalized spacial score (nSPS) is 9.85. The lowest BCUT2D eigenvalue weighted by atomic mass is 10.2. The van der Waals surface area contributed by atoms with Crippen LogP contribution in [0, 0.1) is 11.3 Å². The second-order valence-corrected chi connectivity index (χ2v) is 2.85. The van der Waals surface area contributed by atoms with Gasteiger partial charge in [0.2, 0.25) is 0 Å². The summed E-state index contributed by atoms with van der Waals surface area (Å²) in [6.07, 6.45) is 0. The van der Waals surface area contributed by atoms with Crippen LogP contribution >= 0.6 is 0 Å². The van der Waals surface area contributed by atoms with E-state index in [2.05, 4.69) is 16.4 Å². The fourth-order valence-electron chi connectivity index (χ4n) is 1.34. The maximum atomic E-state index is 8.67. The highest BCUT2D eigenvalue weighted by molar-refractivity contribution is 5.84. The van der Waals surface area contributed by atoms with Crippen LogP contribution in [-0.4, -0.2) is 12.0 Å². The lowest BCUT2D eigenvalue weighted by Gasteiger charge is -1.97. The minimum atomic E-state index is 0.600. The molecule has 0 unspecified atom stereocenters. The zero-order chi connectivity index (χ0) is 9.26. The third kappa shape index (κ3) is 1.23. The monoisotopic (exact) mass is 171 g/mol. The van der Waals surface area contributed by atoms with Crippen molar-refractivity contribution in [3.05, 3.63) is 30.0 Å². The summed E-state index contributed by atoms with van der Waals surface area (Å²) in [4.78, 5) is 3.02. The third-order valence-corrected chi connectivity index (χ3v) is 2.03. The molecule has 0 aliphatic heterocycles. The van der Waals surface area contributed by atoms with Crippen molar-refractivity contribution in [2.24, 2.45) is 0 Å². The molecular weight excluding hydrogens is 162 g/mol. The molecule has 3 heteroatoms. The van der Waals surface area contributed by atoms with Gasteiger partial charge in [-0.25, -0.2) is 0 Å². The van der Waals surface area contributed by atoms with Gasteiger partial charge in [-0.15, -0.1) is 0 Å². The molecule has 0 aliphatic carbocycles. The molecule has 0 saturated heterocycles. The van der Waals surface area contributed by atoms with Gasteiger partial charge >= 0.3 is 0 Å². The molecule has 0 atom stereocenters. The van der Waals surface area contributed by atoms with E-state index < -0.39 is 0 Å². The zero-order valence-corrected chi connectivity index (χ0v) is 7.26. The quantitative estimate of drug-likeness (QED) is 0.690. The number of aromatic amines is 1. The van der Waals surface area contributed by atoms with Gasteiger partial charge in [-0.05, 0) is 18.2 Å². The molecule has 0 radical (unpaired) electrons. The van der Waals surface area contributed by atoms with Crippen LogP contribution in [0.2, 0.25) is 0 Å². The minimum Gasteiger partial charge on any atom is -0.388 e. The molecule has 1 aromatic carbocycles. The maximum absolute atomic E-state index is 8.67. The van der Waals surface area contributed by atoms with Crippen LogP contribution < -0.4 is 5.32 Å².